The lowest BCUT2D eigenvalue weighted by Crippen LogP contribution is -2.40. The second-order valence-electron chi connectivity index (χ2n) is 4.87. The highest BCUT2D eigenvalue weighted by atomic mass is 16.5. The molecule has 1 heterocycles. The zero-order valence-corrected chi connectivity index (χ0v) is 11.7. The van der Waals surface area contributed by atoms with E-state index in [2.05, 4.69) is 29.3 Å². The number of hydrogen-bond donors (Lipinski definition) is 1. The molecule has 0 bridgehead atoms. The third kappa shape index (κ3) is 5.59. The van der Waals surface area contributed by atoms with E-state index in [9.17, 15) is 0 Å². The van der Waals surface area contributed by atoms with Crippen molar-refractivity contribution < 1.29 is 9.47 Å². The van der Waals surface area contributed by atoms with Crippen LogP contribution in [0.4, 0.5) is 0 Å². The van der Waals surface area contributed by atoms with E-state index in [1.54, 1.807) is 0 Å². The summed E-state index contributed by atoms with van der Waals surface area (Å²) in [6.45, 7) is 9.64. The molecule has 19 heavy (non-hydrogen) atoms. The van der Waals surface area contributed by atoms with E-state index in [4.69, 9.17) is 9.47 Å². The number of aryl methyl sites for hydroxylation is 1. The molecule has 1 aromatic rings. The molecule has 1 aliphatic heterocycles. The van der Waals surface area contributed by atoms with Crippen molar-refractivity contribution >= 4 is 0 Å². The first-order chi connectivity index (χ1) is 9.34. The molecule has 1 fully saturated rings. The van der Waals surface area contributed by atoms with Gasteiger partial charge in [-0.05, 0) is 24.6 Å². The summed E-state index contributed by atoms with van der Waals surface area (Å²) in [7, 11) is 0. The fraction of sp³-hybridized carbons (Fsp3) is 0.600. The second-order valence-corrected chi connectivity index (χ2v) is 4.87. The number of morpholine rings is 1. The molecule has 0 radical (unpaired) electrons. The van der Waals surface area contributed by atoms with Crippen LogP contribution in [0.3, 0.4) is 0 Å². The predicted molar refractivity (Wildman–Crippen MR) is 76.8 cm³/mol. The van der Waals surface area contributed by atoms with Crippen molar-refractivity contribution in [1.82, 2.24) is 10.2 Å². The molecule has 1 N–H and O–H groups in total. The molecule has 0 aromatic heterocycles. The molecule has 4 heteroatoms. The zero-order chi connectivity index (χ0) is 13.3. The van der Waals surface area contributed by atoms with E-state index in [1.807, 2.05) is 12.1 Å². The first kappa shape index (κ1) is 14.3. The number of rotatable bonds is 7. The van der Waals surface area contributed by atoms with Gasteiger partial charge < -0.3 is 14.8 Å². The van der Waals surface area contributed by atoms with Gasteiger partial charge in [-0.15, -0.1) is 0 Å². The molecule has 1 aliphatic rings. The van der Waals surface area contributed by atoms with Gasteiger partial charge in [-0.1, -0.05) is 12.1 Å². The third-order valence-electron chi connectivity index (χ3n) is 3.25. The number of nitrogens with one attached hydrogen (secondary N) is 1. The molecule has 0 amide bonds. The number of benzene rings is 1. The van der Waals surface area contributed by atoms with Crippen LogP contribution >= 0.6 is 0 Å². The Hall–Kier alpha value is -1.10. The van der Waals surface area contributed by atoms with E-state index >= 15 is 0 Å². The van der Waals surface area contributed by atoms with Crippen molar-refractivity contribution in [3.05, 3.63) is 29.8 Å². The van der Waals surface area contributed by atoms with Crippen LogP contribution in [0.25, 0.3) is 0 Å². The van der Waals surface area contributed by atoms with Gasteiger partial charge in [0.2, 0.25) is 0 Å². The van der Waals surface area contributed by atoms with Crippen LogP contribution in [0.5, 0.6) is 5.75 Å². The Morgan fingerprint density at radius 2 is 2.11 bits per heavy atom. The van der Waals surface area contributed by atoms with Crippen molar-refractivity contribution in [2.24, 2.45) is 0 Å². The van der Waals surface area contributed by atoms with Crippen molar-refractivity contribution in [2.75, 3.05) is 52.5 Å². The van der Waals surface area contributed by atoms with E-state index in [0.717, 1.165) is 51.7 Å². The molecule has 106 valence electrons. The molecule has 0 saturated carbocycles. The van der Waals surface area contributed by atoms with Gasteiger partial charge in [0.1, 0.15) is 12.4 Å². The van der Waals surface area contributed by atoms with Crippen LogP contribution < -0.4 is 10.1 Å². The van der Waals surface area contributed by atoms with Gasteiger partial charge in [-0.2, -0.15) is 0 Å². The lowest BCUT2D eigenvalue weighted by atomic mass is 10.2. The number of ether oxygens (including phenoxy) is 2. The molecule has 0 unspecified atom stereocenters. The minimum atomic E-state index is 0.715. The third-order valence-corrected chi connectivity index (χ3v) is 3.25. The highest BCUT2D eigenvalue weighted by Gasteiger charge is 2.08. The summed E-state index contributed by atoms with van der Waals surface area (Å²) < 4.78 is 11.0. The number of hydrogen-bond acceptors (Lipinski definition) is 4. The molecular weight excluding hydrogens is 240 g/mol. The first-order valence-electron chi connectivity index (χ1n) is 7.05. The van der Waals surface area contributed by atoms with Crippen LogP contribution in [0.1, 0.15) is 5.56 Å². The fourth-order valence-corrected chi connectivity index (χ4v) is 2.13. The maximum absolute atomic E-state index is 5.68. The van der Waals surface area contributed by atoms with E-state index in [-0.39, 0.29) is 0 Å². The molecule has 0 spiro atoms. The monoisotopic (exact) mass is 264 g/mol. The molecule has 1 aromatic carbocycles. The lowest BCUT2D eigenvalue weighted by Gasteiger charge is -2.26. The molecule has 0 atom stereocenters. The Kier molecular flexibility index (Phi) is 6.14. The minimum Gasteiger partial charge on any atom is -0.492 e. The maximum atomic E-state index is 5.68. The summed E-state index contributed by atoms with van der Waals surface area (Å²) in [5.41, 5.74) is 1.23. The van der Waals surface area contributed by atoms with Crippen molar-refractivity contribution in [2.45, 2.75) is 6.92 Å². The minimum absolute atomic E-state index is 0.715. The topological polar surface area (TPSA) is 33.7 Å². The molecular formula is C15H24N2O2. The molecule has 2 rings (SSSR count). The summed E-state index contributed by atoms with van der Waals surface area (Å²) in [6.07, 6.45) is 0. The van der Waals surface area contributed by atoms with E-state index in [0.29, 0.717) is 6.61 Å². The SMILES string of the molecule is Cc1cccc(OCCNCCN2CCOCC2)c1. The van der Waals surface area contributed by atoms with Crippen LogP contribution in [-0.2, 0) is 4.74 Å². The summed E-state index contributed by atoms with van der Waals surface area (Å²) in [5.74, 6) is 0.954. The molecule has 0 aliphatic carbocycles. The van der Waals surface area contributed by atoms with E-state index in [1.165, 1.54) is 5.56 Å². The second kappa shape index (κ2) is 8.15. The van der Waals surface area contributed by atoms with Crippen molar-refractivity contribution in [3.8, 4) is 5.75 Å². The summed E-state index contributed by atoms with van der Waals surface area (Å²) in [6, 6.07) is 8.17. The van der Waals surface area contributed by atoms with Gasteiger partial charge >= 0.3 is 0 Å². The van der Waals surface area contributed by atoms with Crippen molar-refractivity contribution in [1.29, 1.82) is 0 Å². The van der Waals surface area contributed by atoms with E-state index < -0.39 is 0 Å². The smallest absolute Gasteiger partial charge is 0.119 e. The standard InChI is InChI=1S/C15H24N2O2/c1-14-3-2-4-15(13-14)19-10-6-16-5-7-17-8-11-18-12-9-17/h2-4,13,16H,5-12H2,1H3. The van der Waals surface area contributed by atoms with Gasteiger partial charge in [0.15, 0.2) is 0 Å². The van der Waals surface area contributed by atoms with Gasteiger partial charge in [0, 0.05) is 32.7 Å². The first-order valence-corrected chi connectivity index (χ1v) is 7.05. The van der Waals surface area contributed by atoms with Gasteiger partial charge in [0.25, 0.3) is 0 Å². The summed E-state index contributed by atoms with van der Waals surface area (Å²) in [5, 5.41) is 3.41. The van der Waals surface area contributed by atoms with Crippen LogP contribution in [0, 0.1) is 6.92 Å². The molecule has 1 saturated heterocycles. The number of nitrogens with zero attached hydrogens (tertiary/aromatic N) is 1. The Balaban J connectivity index is 1.50. The van der Waals surface area contributed by atoms with Crippen molar-refractivity contribution in [3.63, 3.8) is 0 Å². The largest absolute Gasteiger partial charge is 0.492 e. The summed E-state index contributed by atoms with van der Waals surface area (Å²) >= 11 is 0. The Morgan fingerprint density at radius 3 is 2.89 bits per heavy atom. The quantitative estimate of drug-likeness (QED) is 0.753. The van der Waals surface area contributed by atoms with Crippen LogP contribution in [-0.4, -0.2) is 57.4 Å². The van der Waals surface area contributed by atoms with Crippen LogP contribution in [0.2, 0.25) is 0 Å². The highest BCUT2D eigenvalue weighted by molar-refractivity contribution is 5.27. The zero-order valence-electron chi connectivity index (χ0n) is 11.7. The van der Waals surface area contributed by atoms with Gasteiger partial charge in [-0.3, -0.25) is 4.90 Å². The molecule has 4 nitrogen and oxygen atoms in total. The normalized spacial score (nSPS) is 16.5. The van der Waals surface area contributed by atoms with Gasteiger partial charge in [0.05, 0.1) is 13.2 Å². The Bertz CT molecular complexity index is 365. The average molecular weight is 264 g/mol. The highest BCUT2D eigenvalue weighted by Crippen LogP contribution is 2.11. The average Bonchev–Trinajstić information content (AvgIpc) is 2.44. The maximum Gasteiger partial charge on any atom is 0.119 e. The fourth-order valence-electron chi connectivity index (χ4n) is 2.13. The Morgan fingerprint density at radius 1 is 1.26 bits per heavy atom. The summed E-state index contributed by atoms with van der Waals surface area (Å²) in [4.78, 5) is 2.43. The van der Waals surface area contributed by atoms with Crippen LogP contribution in [0.15, 0.2) is 24.3 Å². The predicted octanol–water partition coefficient (Wildman–Crippen LogP) is 1.30. The van der Waals surface area contributed by atoms with Gasteiger partial charge in [-0.25, -0.2) is 0 Å². The Labute approximate surface area is 115 Å². The lowest BCUT2D eigenvalue weighted by molar-refractivity contribution is 0.0383.